The summed E-state index contributed by atoms with van der Waals surface area (Å²) >= 11 is 0. The van der Waals surface area contributed by atoms with Gasteiger partial charge in [0.2, 0.25) is 0 Å². The summed E-state index contributed by atoms with van der Waals surface area (Å²) in [6.07, 6.45) is 4.44. The van der Waals surface area contributed by atoms with E-state index in [1.54, 1.807) is 13.0 Å². The van der Waals surface area contributed by atoms with Crippen LogP contribution in [0.15, 0.2) is 35.3 Å². The molecule has 8 rings (SSSR count). The van der Waals surface area contributed by atoms with Crippen molar-refractivity contribution in [3.63, 3.8) is 0 Å². The highest BCUT2D eigenvalue weighted by Gasteiger charge is 2.72. The lowest BCUT2D eigenvalue weighted by molar-refractivity contribution is -0.173. The van der Waals surface area contributed by atoms with Crippen molar-refractivity contribution in [2.24, 2.45) is 16.6 Å². The lowest BCUT2D eigenvalue weighted by Crippen LogP contribution is -2.74. The standard InChI is InChI=1S/C29H32N4O3/c1-15(30)31-13-17-4-6-21-19(10-17)20-12-29(35)23-11-18-5-7-22(34)26-24(18)28(29,27(36-26)25(20)32-21)8-9-33(23)14-16-2-3-16/h4-7,10,16,23,27,32,34-35H,2-3,8-9,11-14H2,1H3,(H2,30,31)/t23-,27-,28-,29+/m0/s1. The third kappa shape index (κ3) is 2.52. The number of piperidine rings is 1. The molecule has 2 aliphatic heterocycles. The highest BCUT2D eigenvalue weighted by atomic mass is 16.5. The number of H-pyrrole nitrogens is 1. The molecule has 7 nitrogen and oxygen atoms in total. The van der Waals surface area contributed by atoms with E-state index in [0.717, 1.165) is 65.1 Å². The molecule has 0 amide bonds. The molecule has 5 N–H and O–H groups in total. The highest BCUT2D eigenvalue weighted by Crippen LogP contribution is 2.69. The number of aromatic amines is 1. The van der Waals surface area contributed by atoms with Crippen molar-refractivity contribution in [1.82, 2.24) is 9.88 Å². The van der Waals surface area contributed by atoms with E-state index in [2.05, 4.69) is 39.1 Å². The van der Waals surface area contributed by atoms with Crippen LogP contribution >= 0.6 is 0 Å². The minimum atomic E-state index is -0.971. The van der Waals surface area contributed by atoms with Gasteiger partial charge < -0.3 is 25.7 Å². The molecule has 2 aromatic carbocycles. The van der Waals surface area contributed by atoms with Crippen LogP contribution in [-0.2, 0) is 24.8 Å². The monoisotopic (exact) mass is 484 g/mol. The van der Waals surface area contributed by atoms with Crippen molar-refractivity contribution >= 4 is 16.7 Å². The van der Waals surface area contributed by atoms with E-state index in [1.807, 2.05) is 0 Å². The largest absolute Gasteiger partial charge is 0.504 e. The van der Waals surface area contributed by atoms with Gasteiger partial charge in [0.25, 0.3) is 0 Å². The number of rotatable bonds is 4. The second-order valence-electron chi connectivity index (χ2n) is 11.8. The van der Waals surface area contributed by atoms with Gasteiger partial charge in [0, 0.05) is 35.5 Å². The number of nitrogens with one attached hydrogen (secondary N) is 1. The second-order valence-corrected chi connectivity index (χ2v) is 11.8. The van der Waals surface area contributed by atoms with Crippen LogP contribution in [0.1, 0.15) is 60.2 Å². The van der Waals surface area contributed by atoms with E-state index >= 15 is 0 Å². The fourth-order valence-electron chi connectivity index (χ4n) is 7.98. The number of aromatic nitrogens is 1. The number of amidine groups is 1. The van der Waals surface area contributed by atoms with Gasteiger partial charge in [-0.1, -0.05) is 12.1 Å². The predicted molar refractivity (Wildman–Crippen MR) is 138 cm³/mol. The summed E-state index contributed by atoms with van der Waals surface area (Å²) in [7, 11) is 0. The Bertz CT molecular complexity index is 1470. The molecule has 1 saturated carbocycles. The lowest BCUT2D eigenvalue weighted by Gasteiger charge is -2.62. The smallest absolute Gasteiger partial charge is 0.166 e. The van der Waals surface area contributed by atoms with Gasteiger partial charge in [0.1, 0.15) is 0 Å². The maximum atomic E-state index is 12.9. The molecule has 0 unspecified atom stereocenters. The minimum Gasteiger partial charge on any atom is -0.504 e. The predicted octanol–water partition coefficient (Wildman–Crippen LogP) is 3.45. The molecular weight excluding hydrogens is 452 g/mol. The summed E-state index contributed by atoms with van der Waals surface area (Å²) < 4.78 is 6.67. The Hall–Kier alpha value is -3.03. The molecule has 3 heterocycles. The van der Waals surface area contributed by atoms with Crippen LogP contribution in [0.5, 0.6) is 11.5 Å². The van der Waals surface area contributed by atoms with Crippen LogP contribution in [0, 0.1) is 5.92 Å². The number of aromatic hydroxyl groups is 1. The molecule has 0 radical (unpaired) electrons. The average Bonchev–Trinajstić information content (AvgIpc) is 3.49. The third-order valence-electron chi connectivity index (χ3n) is 9.74. The van der Waals surface area contributed by atoms with Crippen LogP contribution in [0.2, 0.25) is 0 Å². The minimum absolute atomic E-state index is 0.0340. The maximum absolute atomic E-state index is 12.9. The Balaban J connectivity index is 1.34. The molecule has 3 aromatic rings. The van der Waals surface area contributed by atoms with Crippen molar-refractivity contribution in [2.45, 2.75) is 68.7 Å². The highest BCUT2D eigenvalue weighted by molar-refractivity contribution is 5.87. The molecule has 186 valence electrons. The van der Waals surface area contributed by atoms with Crippen molar-refractivity contribution in [1.29, 1.82) is 0 Å². The SMILES string of the molecule is CC(N)=NCc1ccc2[nH]c3c(c2c1)C[C@@]1(O)[C@@H]2Cc4ccc(O)c5c4[C@@]1(CCN2CC1CC1)[C@H]3O5. The summed E-state index contributed by atoms with van der Waals surface area (Å²) in [4.78, 5) is 10.6. The van der Waals surface area contributed by atoms with Gasteiger partial charge in [-0.05, 0) is 80.0 Å². The number of phenolic OH excluding ortho intramolecular Hbond substituents is 1. The Morgan fingerprint density at radius 2 is 2.14 bits per heavy atom. The molecule has 2 fully saturated rings. The first-order valence-electron chi connectivity index (χ1n) is 13.3. The molecule has 5 aliphatic rings. The zero-order valence-corrected chi connectivity index (χ0v) is 20.6. The van der Waals surface area contributed by atoms with Gasteiger partial charge >= 0.3 is 0 Å². The second kappa shape index (κ2) is 6.84. The van der Waals surface area contributed by atoms with Crippen molar-refractivity contribution < 1.29 is 14.9 Å². The molecule has 1 spiro atoms. The van der Waals surface area contributed by atoms with E-state index in [1.165, 1.54) is 18.4 Å². The zero-order valence-electron chi connectivity index (χ0n) is 20.6. The summed E-state index contributed by atoms with van der Waals surface area (Å²) in [5, 5.41) is 24.9. The number of fused-ring (bicyclic) bond motifs is 4. The van der Waals surface area contributed by atoms with Crippen LogP contribution in [-0.4, -0.2) is 50.7 Å². The number of likely N-dealkylation sites (tertiary alicyclic amines) is 1. The maximum Gasteiger partial charge on any atom is 0.166 e. The van der Waals surface area contributed by atoms with Crippen LogP contribution in [0.25, 0.3) is 10.9 Å². The van der Waals surface area contributed by atoms with E-state index < -0.39 is 11.0 Å². The normalized spacial score (nSPS) is 32.3. The summed E-state index contributed by atoms with van der Waals surface area (Å²) in [5.74, 6) is 2.08. The number of benzene rings is 2. The number of aliphatic hydroxyl groups is 1. The Morgan fingerprint density at radius 1 is 1.28 bits per heavy atom. The third-order valence-corrected chi connectivity index (χ3v) is 9.74. The van der Waals surface area contributed by atoms with Gasteiger partial charge in [-0.25, -0.2) is 0 Å². The topological polar surface area (TPSA) is 107 Å². The first kappa shape index (κ1) is 21.1. The van der Waals surface area contributed by atoms with E-state index in [9.17, 15) is 10.2 Å². The van der Waals surface area contributed by atoms with E-state index in [4.69, 9.17) is 10.5 Å². The quantitative estimate of drug-likeness (QED) is 0.335. The summed E-state index contributed by atoms with van der Waals surface area (Å²) in [6, 6.07) is 10.2. The van der Waals surface area contributed by atoms with E-state index in [0.29, 0.717) is 24.6 Å². The van der Waals surface area contributed by atoms with Crippen LogP contribution in [0.4, 0.5) is 0 Å². The van der Waals surface area contributed by atoms with Crippen molar-refractivity contribution in [3.8, 4) is 11.5 Å². The van der Waals surface area contributed by atoms with Crippen LogP contribution in [0.3, 0.4) is 0 Å². The van der Waals surface area contributed by atoms with Crippen LogP contribution < -0.4 is 10.5 Å². The molecule has 36 heavy (non-hydrogen) atoms. The first-order valence-corrected chi connectivity index (χ1v) is 13.3. The number of nitrogens with two attached hydrogens (primary N) is 1. The fraction of sp³-hybridized carbons (Fsp3) is 0.483. The summed E-state index contributed by atoms with van der Waals surface area (Å²) in [6.45, 7) is 4.36. The Labute approximate surface area is 210 Å². The first-order chi connectivity index (χ1) is 17.4. The average molecular weight is 485 g/mol. The molecule has 7 heteroatoms. The van der Waals surface area contributed by atoms with Gasteiger partial charge in [0.05, 0.1) is 29.1 Å². The van der Waals surface area contributed by atoms with Gasteiger partial charge in [0.15, 0.2) is 17.6 Å². The van der Waals surface area contributed by atoms with E-state index in [-0.39, 0.29) is 17.9 Å². The lowest BCUT2D eigenvalue weighted by atomic mass is 9.49. The molecule has 2 bridgehead atoms. The van der Waals surface area contributed by atoms with Gasteiger partial charge in [-0.15, -0.1) is 0 Å². The van der Waals surface area contributed by atoms with Crippen molar-refractivity contribution in [3.05, 3.63) is 58.3 Å². The molecular formula is C29H32N4O3. The number of aliphatic imine (C=N–C) groups is 1. The number of nitrogens with zero attached hydrogens (tertiary/aromatic N) is 2. The fourth-order valence-corrected chi connectivity index (χ4v) is 7.98. The Kier molecular flexibility index (Phi) is 4.01. The number of phenols is 1. The molecule has 1 saturated heterocycles. The van der Waals surface area contributed by atoms with Crippen molar-refractivity contribution in [2.75, 3.05) is 13.1 Å². The molecule has 1 aromatic heterocycles. The zero-order chi connectivity index (χ0) is 24.4. The molecule has 4 atom stereocenters. The number of hydrogen-bond acceptors (Lipinski definition) is 5. The Morgan fingerprint density at radius 3 is 2.94 bits per heavy atom. The van der Waals surface area contributed by atoms with Gasteiger partial charge in [-0.3, -0.25) is 9.89 Å². The van der Waals surface area contributed by atoms with Gasteiger partial charge in [-0.2, -0.15) is 0 Å². The molecule has 3 aliphatic carbocycles. The summed E-state index contributed by atoms with van der Waals surface area (Å²) in [5.41, 5.74) is 10.8. The number of hydrogen-bond donors (Lipinski definition) is 4. The number of ether oxygens (including phenoxy) is 1.